The summed E-state index contributed by atoms with van der Waals surface area (Å²) in [7, 11) is 1.40. The molecule has 3 fully saturated rings. The second kappa shape index (κ2) is 4.88. The van der Waals surface area contributed by atoms with Crippen molar-refractivity contribution < 1.29 is 19.2 Å². The molecule has 0 aromatic carbocycles. The van der Waals surface area contributed by atoms with Gasteiger partial charge in [0, 0.05) is 12.5 Å². The fourth-order valence-electron chi connectivity index (χ4n) is 4.29. The lowest BCUT2D eigenvalue weighted by atomic mass is 9.54. The molecule has 4 atom stereocenters. The van der Waals surface area contributed by atoms with Crippen LogP contribution in [0.3, 0.4) is 0 Å². The first kappa shape index (κ1) is 15.2. The minimum atomic E-state index is -1.20. The van der Waals surface area contributed by atoms with Crippen molar-refractivity contribution >= 4 is 23.6 Å². The van der Waals surface area contributed by atoms with Crippen molar-refractivity contribution in [3.05, 3.63) is 0 Å². The molecule has 0 unspecified atom stereocenters. The highest BCUT2D eigenvalue weighted by atomic mass is 16.2. The zero-order valence-corrected chi connectivity index (χ0v) is 12.4. The van der Waals surface area contributed by atoms with Gasteiger partial charge in [-0.25, -0.2) is 0 Å². The number of rotatable bonds is 0. The molecule has 1 N–H and O–H groups in total. The van der Waals surface area contributed by atoms with Crippen molar-refractivity contribution in [3.8, 4) is 12.1 Å². The Morgan fingerprint density at radius 2 is 1.57 bits per heavy atom. The Bertz CT molecular complexity index is 684. The van der Waals surface area contributed by atoms with E-state index >= 15 is 0 Å². The summed E-state index contributed by atoms with van der Waals surface area (Å²) < 4.78 is 0. The number of imide groups is 2. The van der Waals surface area contributed by atoms with E-state index < -0.39 is 40.9 Å². The molecule has 1 spiro atoms. The fourth-order valence-corrected chi connectivity index (χ4v) is 4.29. The average molecular weight is 314 g/mol. The highest BCUT2D eigenvalue weighted by Gasteiger charge is 2.62. The first-order valence-electron chi connectivity index (χ1n) is 7.32. The van der Waals surface area contributed by atoms with Gasteiger partial charge >= 0.3 is 0 Å². The van der Waals surface area contributed by atoms with Crippen LogP contribution in [0.5, 0.6) is 0 Å². The summed E-state index contributed by atoms with van der Waals surface area (Å²) in [5.41, 5.74) is -1.20. The van der Waals surface area contributed by atoms with E-state index in [1.165, 1.54) is 7.05 Å². The van der Waals surface area contributed by atoms with Crippen LogP contribution in [0, 0.1) is 51.7 Å². The summed E-state index contributed by atoms with van der Waals surface area (Å²) >= 11 is 0. The fraction of sp³-hybridized carbons (Fsp3) is 0.600. The number of amides is 4. The maximum absolute atomic E-state index is 12.3. The molecule has 0 aromatic rings. The van der Waals surface area contributed by atoms with E-state index in [9.17, 15) is 29.7 Å². The summed E-state index contributed by atoms with van der Waals surface area (Å²) in [4.78, 5) is 49.5. The summed E-state index contributed by atoms with van der Waals surface area (Å²) in [5.74, 6) is -5.63. The van der Waals surface area contributed by atoms with E-state index in [0.29, 0.717) is 0 Å². The Morgan fingerprint density at radius 1 is 1.04 bits per heavy atom. The molecule has 118 valence electrons. The maximum atomic E-state index is 12.3. The molecule has 8 heteroatoms. The average Bonchev–Trinajstić information content (AvgIpc) is 2.72. The number of carbonyl (C=O) groups is 4. The smallest absolute Gasteiger partial charge is 0.244 e. The number of fused-ring (bicyclic) bond motifs is 1. The van der Waals surface area contributed by atoms with E-state index in [2.05, 4.69) is 5.32 Å². The standard InChI is InChI=1S/C15H14N4O4/c1-19-13(22)7-2-3-15(4-8(7)14(19)23)9(5-16)11(20)18-12(21)10(15)6-17/h7-10H,2-4H2,1H3,(H,18,20,21)/t7-,8+,9+,10+/m1/s1. The van der Waals surface area contributed by atoms with Crippen molar-refractivity contribution in [1.29, 1.82) is 10.5 Å². The molecule has 23 heavy (non-hydrogen) atoms. The molecule has 0 aromatic heterocycles. The van der Waals surface area contributed by atoms with E-state index in [4.69, 9.17) is 0 Å². The Kier molecular flexibility index (Phi) is 3.22. The number of hydrogen-bond donors (Lipinski definition) is 1. The predicted molar refractivity (Wildman–Crippen MR) is 72.4 cm³/mol. The first-order valence-corrected chi connectivity index (χ1v) is 7.32. The van der Waals surface area contributed by atoms with E-state index in [1.807, 2.05) is 12.1 Å². The highest BCUT2D eigenvalue weighted by molar-refractivity contribution is 6.06. The van der Waals surface area contributed by atoms with Gasteiger partial charge in [0.05, 0.1) is 24.0 Å². The Balaban J connectivity index is 2.06. The number of piperidine rings is 1. The molecule has 1 aliphatic carbocycles. The second-order valence-corrected chi connectivity index (χ2v) is 6.40. The largest absolute Gasteiger partial charge is 0.294 e. The van der Waals surface area contributed by atoms with Crippen LogP contribution < -0.4 is 5.32 Å². The van der Waals surface area contributed by atoms with E-state index in [0.717, 1.165) is 4.90 Å². The highest BCUT2D eigenvalue weighted by Crippen LogP contribution is 2.55. The number of carbonyl (C=O) groups excluding carboxylic acids is 4. The van der Waals surface area contributed by atoms with Crippen LogP contribution in [0.2, 0.25) is 0 Å². The Hall–Kier alpha value is -2.74. The van der Waals surface area contributed by atoms with Gasteiger partial charge in [-0.05, 0) is 19.3 Å². The van der Waals surface area contributed by atoms with Crippen molar-refractivity contribution in [2.75, 3.05) is 7.05 Å². The number of nitrogens with one attached hydrogen (secondary N) is 1. The molecular weight excluding hydrogens is 300 g/mol. The van der Waals surface area contributed by atoms with Crippen molar-refractivity contribution in [2.24, 2.45) is 29.1 Å². The van der Waals surface area contributed by atoms with Crippen LogP contribution in [0.15, 0.2) is 0 Å². The SMILES string of the molecule is CN1C(=O)[C@H]2CC3(CC[C@H]2C1=O)[C@@H](C#N)C(=O)NC(=O)[C@@H]3C#N. The molecule has 0 bridgehead atoms. The van der Waals surface area contributed by atoms with Gasteiger partial charge in [-0.15, -0.1) is 0 Å². The molecule has 3 aliphatic rings. The van der Waals surface area contributed by atoms with Crippen LogP contribution in [0.4, 0.5) is 0 Å². The Morgan fingerprint density at radius 3 is 2.09 bits per heavy atom. The van der Waals surface area contributed by atoms with Gasteiger partial charge in [0.25, 0.3) is 0 Å². The summed E-state index contributed by atoms with van der Waals surface area (Å²) in [6, 6.07) is 3.78. The first-order chi connectivity index (χ1) is 10.9. The van der Waals surface area contributed by atoms with Gasteiger partial charge in [0.2, 0.25) is 23.6 Å². The van der Waals surface area contributed by atoms with Crippen LogP contribution in [0.25, 0.3) is 0 Å². The minimum Gasteiger partial charge on any atom is -0.294 e. The number of nitrogens with zero attached hydrogens (tertiary/aromatic N) is 3. The topological polar surface area (TPSA) is 131 Å². The second-order valence-electron chi connectivity index (χ2n) is 6.40. The van der Waals surface area contributed by atoms with Gasteiger partial charge in [-0.3, -0.25) is 29.4 Å². The minimum absolute atomic E-state index is 0.0300. The lowest BCUT2D eigenvalue weighted by Gasteiger charge is -2.47. The number of hydrogen-bond acceptors (Lipinski definition) is 6. The van der Waals surface area contributed by atoms with Crippen molar-refractivity contribution in [1.82, 2.24) is 10.2 Å². The lowest BCUT2D eigenvalue weighted by Crippen LogP contribution is -2.59. The number of likely N-dealkylation sites (tertiary alicyclic amines) is 1. The van der Waals surface area contributed by atoms with Crippen LogP contribution in [-0.2, 0) is 19.2 Å². The zero-order chi connectivity index (χ0) is 16.9. The third-order valence-corrected chi connectivity index (χ3v) is 5.48. The molecule has 0 radical (unpaired) electrons. The summed E-state index contributed by atoms with van der Waals surface area (Å²) in [6.07, 6.45) is 0.537. The van der Waals surface area contributed by atoms with Gasteiger partial charge in [-0.1, -0.05) is 0 Å². The predicted octanol–water partition coefficient (Wildman–Crippen LogP) is -0.676. The van der Waals surface area contributed by atoms with Crippen molar-refractivity contribution in [2.45, 2.75) is 19.3 Å². The summed E-state index contributed by atoms with van der Waals surface area (Å²) in [5, 5.41) is 20.8. The molecular formula is C15H14N4O4. The quantitative estimate of drug-likeness (QED) is 0.589. The lowest BCUT2D eigenvalue weighted by molar-refractivity contribution is -0.150. The van der Waals surface area contributed by atoms with Crippen LogP contribution >= 0.6 is 0 Å². The van der Waals surface area contributed by atoms with Gasteiger partial charge < -0.3 is 0 Å². The molecule has 2 aliphatic heterocycles. The van der Waals surface area contributed by atoms with Gasteiger partial charge in [-0.2, -0.15) is 10.5 Å². The number of nitriles is 2. The van der Waals surface area contributed by atoms with Gasteiger partial charge in [0.1, 0.15) is 11.8 Å². The molecule has 4 amide bonds. The van der Waals surface area contributed by atoms with Crippen LogP contribution in [0.1, 0.15) is 19.3 Å². The maximum Gasteiger partial charge on any atom is 0.244 e. The molecule has 2 heterocycles. The van der Waals surface area contributed by atoms with Gasteiger partial charge in [0.15, 0.2) is 0 Å². The third-order valence-electron chi connectivity index (χ3n) is 5.48. The molecule has 8 nitrogen and oxygen atoms in total. The van der Waals surface area contributed by atoms with Crippen LogP contribution in [-0.4, -0.2) is 35.6 Å². The molecule has 1 saturated carbocycles. The monoisotopic (exact) mass is 314 g/mol. The van der Waals surface area contributed by atoms with E-state index in [-0.39, 0.29) is 31.1 Å². The van der Waals surface area contributed by atoms with Crippen molar-refractivity contribution in [3.63, 3.8) is 0 Å². The normalized spacial score (nSPS) is 35.5. The third kappa shape index (κ3) is 1.81. The Labute approximate surface area is 132 Å². The van der Waals surface area contributed by atoms with E-state index in [1.54, 1.807) is 0 Å². The molecule has 2 saturated heterocycles. The summed E-state index contributed by atoms with van der Waals surface area (Å²) in [6.45, 7) is 0. The zero-order valence-electron chi connectivity index (χ0n) is 12.4. The molecule has 3 rings (SSSR count).